The van der Waals surface area contributed by atoms with Crippen molar-refractivity contribution in [1.29, 1.82) is 5.26 Å². The summed E-state index contributed by atoms with van der Waals surface area (Å²) in [5.74, 6) is 0.535. The highest BCUT2D eigenvalue weighted by atomic mass is 31.2. The topological polar surface area (TPSA) is 87.0 Å². The van der Waals surface area contributed by atoms with Gasteiger partial charge in [0.15, 0.2) is 0 Å². The molecule has 0 N–H and O–H groups in total. The average molecular weight is 376 g/mol. The fourth-order valence-corrected chi connectivity index (χ4v) is 3.38. The van der Waals surface area contributed by atoms with E-state index in [-0.39, 0.29) is 18.5 Å². The molecule has 0 unspecified atom stereocenters. The Hall–Kier alpha value is -2.20. The molecule has 2 aromatic rings. The van der Waals surface area contributed by atoms with Crippen molar-refractivity contribution >= 4 is 12.9 Å². The number of methoxy groups -OCH3 is 1. The molecule has 2 aromatic carbocycles. The number of hydrogen-bond acceptors (Lipinski definition) is 7. The number of nitriles is 1. The van der Waals surface area contributed by atoms with Gasteiger partial charge in [-0.15, -0.1) is 9.35 Å². The minimum absolute atomic E-state index is 0.195. The van der Waals surface area contributed by atoms with Crippen LogP contribution in [0.4, 0.5) is 0 Å². The van der Waals surface area contributed by atoms with E-state index in [4.69, 9.17) is 23.9 Å². The van der Waals surface area contributed by atoms with Crippen LogP contribution in [-0.4, -0.2) is 20.3 Å². The summed E-state index contributed by atoms with van der Waals surface area (Å²) in [5, 5.41) is 9.57. The van der Waals surface area contributed by atoms with Crippen molar-refractivity contribution in [2.24, 2.45) is 0 Å². The van der Waals surface area contributed by atoms with E-state index in [1.54, 1.807) is 50.2 Å². The standard InChI is InChI=1S/C18H19NO6P/c1-4-22-24-26(20,25-23-5-2)16-11-9-14(10-12-16)18-15(13-19)7-6-8-17(18)21-3/h6,8-12H,4-5H2,1-3H3. The molecule has 0 heterocycles. The van der Waals surface area contributed by atoms with Crippen LogP contribution >= 0.6 is 7.60 Å². The first-order valence-corrected chi connectivity index (χ1v) is 9.46. The van der Waals surface area contributed by atoms with Gasteiger partial charge in [0.05, 0.1) is 31.2 Å². The Labute approximate surface area is 152 Å². The van der Waals surface area contributed by atoms with Crippen LogP contribution in [0, 0.1) is 17.4 Å². The van der Waals surface area contributed by atoms with Gasteiger partial charge in [-0.1, -0.05) is 12.1 Å². The molecule has 26 heavy (non-hydrogen) atoms. The number of nitrogens with zero attached hydrogens (tertiary/aromatic N) is 1. The molecule has 2 rings (SSSR count). The zero-order valence-electron chi connectivity index (χ0n) is 14.7. The second-order valence-electron chi connectivity index (χ2n) is 4.91. The first-order chi connectivity index (χ1) is 12.6. The molecule has 0 aliphatic rings. The van der Waals surface area contributed by atoms with Gasteiger partial charge in [-0.2, -0.15) is 5.26 Å². The molecule has 0 aromatic heterocycles. The zero-order chi connectivity index (χ0) is 19.0. The SMILES string of the molecule is CCOOP(=O)(OOCC)c1ccc(-c2c(C#N)[c]ccc2OC)cc1. The first-order valence-electron chi connectivity index (χ1n) is 7.91. The van der Waals surface area contributed by atoms with Gasteiger partial charge in [-0.25, -0.2) is 14.3 Å². The van der Waals surface area contributed by atoms with Crippen molar-refractivity contribution < 1.29 is 28.4 Å². The highest BCUT2D eigenvalue weighted by Crippen LogP contribution is 2.48. The van der Waals surface area contributed by atoms with Crippen molar-refractivity contribution in [3.8, 4) is 22.9 Å². The predicted molar refractivity (Wildman–Crippen MR) is 94.6 cm³/mol. The molecule has 0 fully saturated rings. The molecule has 0 atom stereocenters. The number of rotatable bonds is 9. The summed E-state index contributed by atoms with van der Waals surface area (Å²) in [4.78, 5) is 9.60. The van der Waals surface area contributed by atoms with Gasteiger partial charge in [0.25, 0.3) is 0 Å². The van der Waals surface area contributed by atoms with Crippen molar-refractivity contribution in [3.05, 3.63) is 48.0 Å². The Morgan fingerprint density at radius 1 is 1.08 bits per heavy atom. The summed E-state index contributed by atoms with van der Waals surface area (Å²) in [6.07, 6.45) is 0. The Morgan fingerprint density at radius 3 is 2.19 bits per heavy atom. The molecule has 137 valence electrons. The lowest BCUT2D eigenvalue weighted by molar-refractivity contribution is -0.260. The van der Waals surface area contributed by atoms with E-state index in [2.05, 4.69) is 12.1 Å². The summed E-state index contributed by atoms with van der Waals surface area (Å²) in [7, 11) is -2.28. The van der Waals surface area contributed by atoms with Gasteiger partial charge < -0.3 is 4.74 Å². The van der Waals surface area contributed by atoms with Crippen LogP contribution in [-0.2, 0) is 23.7 Å². The van der Waals surface area contributed by atoms with E-state index < -0.39 is 7.60 Å². The lowest BCUT2D eigenvalue weighted by Gasteiger charge is -2.16. The zero-order valence-corrected chi connectivity index (χ0v) is 15.6. The molecule has 0 bridgehead atoms. The molecule has 0 amide bonds. The van der Waals surface area contributed by atoms with E-state index in [0.717, 1.165) is 0 Å². The summed E-state index contributed by atoms with van der Waals surface area (Å²) < 4.78 is 28.0. The van der Waals surface area contributed by atoms with Gasteiger partial charge >= 0.3 is 7.60 Å². The van der Waals surface area contributed by atoms with Gasteiger partial charge in [-0.05, 0) is 43.7 Å². The highest BCUT2D eigenvalue weighted by Gasteiger charge is 2.31. The lowest BCUT2D eigenvalue weighted by Crippen LogP contribution is -2.11. The molecule has 8 heteroatoms. The summed E-state index contributed by atoms with van der Waals surface area (Å²) in [6.45, 7) is 3.77. The third-order valence-corrected chi connectivity index (χ3v) is 4.83. The largest absolute Gasteiger partial charge is 0.496 e. The molecule has 0 aliphatic carbocycles. The molecular formula is C18H19NO6P. The van der Waals surface area contributed by atoms with Gasteiger partial charge in [0.1, 0.15) is 11.8 Å². The smallest absolute Gasteiger partial charge is 0.414 e. The van der Waals surface area contributed by atoms with Crippen LogP contribution in [0.25, 0.3) is 11.1 Å². The Kier molecular flexibility index (Phi) is 7.34. The van der Waals surface area contributed by atoms with Crippen LogP contribution < -0.4 is 10.0 Å². The molecule has 1 radical (unpaired) electrons. The van der Waals surface area contributed by atoms with Gasteiger partial charge in [0, 0.05) is 11.6 Å². The van der Waals surface area contributed by atoms with Crippen LogP contribution in [0.1, 0.15) is 19.4 Å². The minimum Gasteiger partial charge on any atom is -0.496 e. The Bertz CT molecular complexity index is 803. The summed E-state index contributed by atoms with van der Waals surface area (Å²) in [6, 6.07) is 14.8. The van der Waals surface area contributed by atoms with Crippen molar-refractivity contribution in [2.45, 2.75) is 13.8 Å². The van der Waals surface area contributed by atoms with Gasteiger partial charge in [0.2, 0.25) is 0 Å². The summed E-state index contributed by atoms with van der Waals surface area (Å²) in [5.41, 5.74) is 1.63. The number of benzene rings is 2. The fourth-order valence-electron chi connectivity index (χ4n) is 2.18. The number of hydrogen-bond donors (Lipinski definition) is 0. The van der Waals surface area contributed by atoms with Crippen LogP contribution in [0.15, 0.2) is 36.4 Å². The maximum Gasteiger partial charge on any atom is 0.414 e. The van der Waals surface area contributed by atoms with Crippen molar-refractivity contribution in [1.82, 2.24) is 0 Å². The monoisotopic (exact) mass is 376 g/mol. The third kappa shape index (κ3) is 4.50. The fraction of sp³-hybridized carbons (Fsp3) is 0.278. The maximum atomic E-state index is 12.8. The van der Waals surface area contributed by atoms with Gasteiger partial charge in [-0.3, -0.25) is 0 Å². The third-order valence-electron chi connectivity index (χ3n) is 3.30. The minimum atomic E-state index is -3.80. The lowest BCUT2D eigenvalue weighted by atomic mass is 9.99. The van der Waals surface area contributed by atoms with Crippen molar-refractivity contribution in [3.63, 3.8) is 0 Å². The van der Waals surface area contributed by atoms with Crippen molar-refractivity contribution in [2.75, 3.05) is 20.3 Å². The van der Waals surface area contributed by atoms with Crippen LogP contribution in [0.2, 0.25) is 0 Å². The Morgan fingerprint density at radius 2 is 1.69 bits per heavy atom. The Balaban J connectivity index is 2.41. The first kappa shape index (κ1) is 20.1. The molecule has 0 aliphatic heterocycles. The molecule has 7 nitrogen and oxygen atoms in total. The summed E-state index contributed by atoms with van der Waals surface area (Å²) >= 11 is 0. The molecular weight excluding hydrogens is 357 g/mol. The highest BCUT2D eigenvalue weighted by molar-refractivity contribution is 7.62. The van der Waals surface area contributed by atoms with E-state index in [1.807, 2.05) is 0 Å². The van der Waals surface area contributed by atoms with Crippen LogP contribution in [0.5, 0.6) is 5.75 Å². The molecule has 0 saturated heterocycles. The molecule has 0 spiro atoms. The predicted octanol–water partition coefficient (Wildman–Crippen LogP) is 3.79. The van der Waals surface area contributed by atoms with Crippen LogP contribution in [0.3, 0.4) is 0 Å². The van der Waals surface area contributed by atoms with E-state index in [1.165, 1.54) is 7.11 Å². The van der Waals surface area contributed by atoms with E-state index in [0.29, 0.717) is 22.4 Å². The second-order valence-corrected chi connectivity index (χ2v) is 6.72. The average Bonchev–Trinajstić information content (AvgIpc) is 2.70. The molecule has 0 saturated carbocycles. The van der Waals surface area contributed by atoms with E-state index in [9.17, 15) is 9.83 Å². The second kappa shape index (κ2) is 9.48. The van der Waals surface area contributed by atoms with E-state index >= 15 is 0 Å². The normalized spacial score (nSPS) is 11.2. The maximum absolute atomic E-state index is 12.8. The number of ether oxygens (including phenoxy) is 1. The quantitative estimate of drug-likeness (QED) is 0.374.